The van der Waals surface area contributed by atoms with Crippen molar-refractivity contribution in [3.05, 3.63) is 17.5 Å². The van der Waals surface area contributed by atoms with Gasteiger partial charge in [0.05, 0.1) is 10.7 Å². The Morgan fingerprint density at radius 2 is 2.50 bits per heavy atom. The Hall–Kier alpha value is -0.960. The van der Waals surface area contributed by atoms with Crippen LogP contribution in [0.3, 0.4) is 0 Å². The van der Waals surface area contributed by atoms with Crippen molar-refractivity contribution in [3.8, 4) is 0 Å². The largest absolute Gasteiger partial charge is 0.398 e. The molecule has 3 heteroatoms. The lowest BCUT2D eigenvalue weighted by molar-refractivity contribution is 1.58. The van der Waals surface area contributed by atoms with Gasteiger partial charge in [0.25, 0.3) is 0 Å². The van der Waals surface area contributed by atoms with E-state index in [9.17, 15) is 0 Å². The normalized spacial score (nSPS) is 9.30. The number of thiophene rings is 1. The third-order valence-electron chi connectivity index (χ3n) is 1.29. The highest BCUT2D eigenvalue weighted by atomic mass is 32.1. The van der Waals surface area contributed by atoms with Crippen LogP contribution in [0.4, 0.5) is 10.7 Å². The molecule has 0 amide bonds. The first-order valence-corrected chi connectivity index (χ1v) is 3.84. The smallest absolute Gasteiger partial charge is 0.0975 e. The predicted octanol–water partition coefficient (Wildman–Crippen LogP) is 2.01. The SMILES string of the molecule is C=Cc1c(N)csc1NC. The first kappa shape index (κ1) is 7.15. The van der Waals surface area contributed by atoms with E-state index >= 15 is 0 Å². The number of rotatable bonds is 2. The zero-order chi connectivity index (χ0) is 7.56. The van der Waals surface area contributed by atoms with Crippen LogP contribution in [-0.2, 0) is 0 Å². The van der Waals surface area contributed by atoms with Gasteiger partial charge in [-0.25, -0.2) is 0 Å². The first-order valence-electron chi connectivity index (χ1n) is 2.96. The van der Waals surface area contributed by atoms with Crippen LogP contribution in [0.5, 0.6) is 0 Å². The zero-order valence-electron chi connectivity index (χ0n) is 5.85. The predicted molar refractivity (Wildman–Crippen MR) is 48.4 cm³/mol. The molecule has 1 aromatic rings. The van der Waals surface area contributed by atoms with Crippen LogP contribution in [0.25, 0.3) is 6.08 Å². The van der Waals surface area contributed by atoms with E-state index < -0.39 is 0 Å². The van der Waals surface area contributed by atoms with Crippen LogP contribution >= 0.6 is 11.3 Å². The fraction of sp³-hybridized carbons (Fsp3) is 0.143. The molecule has 0 fully saturated rings. The Bertz CT molecular complexity index is 240. The average Bonchev–Trinajstić information content (AvgIpc) is 2.30. The maximum Gasteiger partial charge on any atom is 0.0975 e. The van der Waals surface area contributed by atoms with Crippen LogP contribution in [0.1, 0.15) is 5.56 Å². The van der Waals surface area contributed by atoms with E-state index in [0.29, 0.717) is 0 Å². The van der Waals surface area contributed by atoms with E-state index in [1.807, 2.05) is 12.4 Å². The summed E-state index contributed by atoms with van der Waals surface area (Å²) in [7, 11) is 1.87. The van der Waals surface area contributed by atoms with E-state index in [-0.39, 0.29) is 0 Å². The highest BCUT2D eigenvalue weighted by Gasteiger charge is 2.02. The van der Waals surface area contributed by atoms with Gasteiger partial charge in [-0.2, -0.15) is 0 Å². The van der Waals surface area contributed by atoms with Gasteiger partial charge >= 0.3 is 0 Å². The summed E-state index contributed by atoms with van der Waals surface area (Å²) in [6, 6.07) is 0. The minimum absolute atomic E-state index is 0.796. The number of nitrogens with two attached hydrogens (primary N) is 1. The lowest BCUT2D eigenvalue weighted by atomic mass is 10.3. The fourth-order valence-electron chi connectivity index (χ4n) is 0.785. The third-order valence-corrected chi connectivity index (χ3v) is 2.32. The quantitative estimate of drug-likeness (QED) is 0.684. The van der Waals surface area contributed by atoms with E-state index in [4.69, 9.17) is 5.73 Å². The Kier molecular flexibility index (Phi) is 1.97. The van der Waals surface area contributed by atoms with Crippen LogP contribution < -0.4 is 11.1 Å². The first-order chi connectivity index (χ1) is 4.79. The summed E-state index contributed by atoms with van der Waals surface area (Å²) in [6.07, 6.45) is 1.76. The standard InChI is InChI=1S/C7H10N2S/c1-3-5-6(8)4-10-7(5)9-2/h3-4,9H,1,8H2,2H3. The average molecular weight is 154 g/mol. The van der Waals surface area contributed by atoms with Crippen LogP contribution in [0.2, 0.25) is 0 Å². The second-order valence-corrected chi connectivity index (χ2v) is 2.77. The minimum Gasteiger partial charge on any atom is -0.398 e. The summed E-state index contributed by atoms with van der Waals surface area (Å²) in [5.41, 5.74) is 7.43. The number of hydrogen-bond donors (Lipinski definition) is 2. The van der Waals surface area contributed by atoms with Gasteiger partial charge in [-0.1, -0.05) is 12.7 Å². The monoisotopic (exact) mass is 154 g/mol. The Labute approximate surface area is 64.4 Å². The maximum atomic E-state index is 5.63. The van der Waals surface area contributed by atoms with Gasteiger partial charge in [0.1, 0.15) is 0 Å². The molecule has 3 N–H and O–H groups in total. The number of hydrogen-bond acceptors (Lipinski definition) is 3. The molecule has 1 heterocycles. The molecule has 1 rings (SSSR count). The molecule has 0 atom stereocenters. The third kappa shape index (κ3) is 0.998. The second kappa shape index (κ2) is 2.75. The van der Waals surface area contributed by atoms with Gasteiger partial charge in [-0.15, -0.1) is 11.3 Å². The van der Waals surface area contributed by atoms with E-state index in [0.717, 1.165) is 16.3 Å². The van der Waals surface area contributed by atoms with Gasteiger partial charge in [0.2, 0.25) is 0 Å². The van der Waals surface area contributed by atoms with Crippen LogP contribution in [0, 0.1) is 0 Å². The van der Waals surface area contributed by atoms with Crippen molar-refractivity contribution in [2.75, 3.05) is 18.1 Å². The molecule has 54 valence electrons. The molecule has 10 heavy (non-hydrogen) atoms. The molecule has 0 aromatic carbocycles. The van der Waals surface area contributed by atoms with Crippen molar-refractivity contribution in [1.82, 2.24) is 0 Å². The molecule has 2 nitrogen and oxygen atoms in total. The molecule has 0 saturated carbocycles. The molecule has 0 bridgehead atoms. The van der Waals surface area contributed by atoms with Gasteiger partial charge < -0.3 is 11.1 Å². The zero-order valence-corrected chi connectivity index (χ0v) is 6.66. The van der Waals surface area contributed by atoms with Gasteiger partial charge in [-0.3, -0.25) is 0 Å². The van der Waals surface area contributed by atoms with E-state index in [1.165, 1.54) is 0 Å². The summed E-state index contributed by atoms with van der Waals surface area (Å²) >= 11 is 1.59. The van der Waals surface area contributed by atoms with Gasteiger partial charge in [-0.05, 0) is 0 Å². The Balaban J connectivity index is 3.12. The lowest BCUT2D eigenvalue weighted by Crippen LogP contribution is -1.88. The topological polar surface area (TPSA) is 38.0 Å². The van der Waals surface area contributed by atoms with Crippen molar-refractivity contribution in [2.24, 2.45) is 0 Å². The minimum atomic E-state index is 0.796. The Morgan fingerprint density at radius 1 is 1.80 bits per heavy atom. The molecule has 0 unspecified atom stereocenters. The number of anilines is 2. The van der Waals surface area contributed by atoms with E-state index in [1.54, 1.807) is 17.4 Å². The molecule has 1 aromatic heterocycles. The molecule has 0 saturated heterocycles. The van der Waals surface area contributed by atoms with Crippen molar-refractivity contribution in [3.63, 3.8) is 0 Å². The lowest BCUT2D eigenvalue weighted by Gasteiger charge is -1.96. The highest BCUT2D eigenvalue weighted by molar-refractivity contribution is 7.15. The maximum absolute atomic E-state index is 5.63. The van der Waals surface area contributed by atoms with Crippen molar-refractivity contribution in [1.29, 1.82) is 0 Å². The van der Waals surface area contributed by atoms with Gasteiger partial charge in [0, 0.05) is 18.0 Å². The summed E-state index contributed by atoms with van der Waals surface area (Å²) in [4.78, 5) is 0. The summed E-state index contributed by atoms with van der Waals surface area (Å²) < 4.78 is 0. The van der Waals surface area contributed by atoms with E-state index in [2.05, 4.69) is 11.9 Å². The molecule has 0 aliphatic carbocycles. The molecule has 0 aliphatic heterocycles. The van der Waals surface area contributed by atoms with Crippen LogP contribution in [-0.4, -0.2) is 7.05 Å². The Morgan fingerprint density at radius 3 is 2.90 bits per heavy atom. The van der Waals surface area contributed by atoms with Crippen molar-refractivity contribution >= 4 is 28.1 Å². The van der Waals surface area contributed by atoms with Gasteiger partial charge in [0.15, 0.2) is 0 Å². The molecule has 0 radical (unpaired) electrons. The van der Waals surface area contributed by atoms with Crippen LogP contribution in [0.15, 0.2) is 12.0 Å². The summed E-state index contributed by atoms with van der Waals surface area (Å²) in [5.74, 6) is 0. The summed E-state index contributed by atoms with van der Waals surface area (Å²) in [5, 5.41) is 6.02. The van der Waals surface area contributed by atoms with Crippen molar-refractivity contribution in [2.45, 2.75) is 0 Å². The molecular weight excluding hydrogens is 144 g/mol. The fourth-order valence-corrected chi connectivity index (χ4v) is 1.60. The van der Waals surface area contributed by atoms with Crippen molar-refractivity contribution < 1.29 is 0 Å². The highest BCUT2D eigenvalue weighted by Crippen LogP contribution is 2.30. The second-order valence-electron chi connectivity index (χ2n) is 1.89. The molecular formula is C7H10N2S. The molecule has 0 spiro atoms. The molecule has 0 aliphatic rings. The number of nitrogen functional groups attached to an aromatic ring is 1. The summed E-state index contributed by atoms with van der Waals surface area (Å²) in [6.45, 7) is 3.66. The number of nitrogens with one attached hydrogen (secondary N) is 1.